The molecule has 0 spiro atoms. The lowest BCUT2D eigenvalue weighted by atomic mass is 10.1. The van der Waals surface area contributed by atoms with Crippen LogP contribution in [0.3, 0.4) is 0 Å². The molecular formula is C31H35N3O5S. The van der Waals surface area contributed by atoms with E-state index in [1.54, 1.807) is 26.4 Å². The number of thiocarbonyl (C=S) groups is 1. The molecule has 9 heteroatoms. The highest BCUT2D eigenvalue weighted by molar-refractivity contribution is 7.80. The highest BCUT2D eigenvalue weighted by Crippen LogP contribution is 2.30. The zero-order valence-corrected chi connectivity index (χ0v) is 24.1. The Balaban J connectivity index is 1.52. The maximum atomic E-state index is 13.7. The van der Waals surface area contributed by atoms with Gasteiger partial charge in [0, 0.05) is 12.2 Å². The lowest BCUT2D eigenvalue weighted by molar-refractivity contribution is -0.124. The molecule has 1 saturated heterocycles. The van der Waals surface area contributed by atoms with Crippen LogP contribution in [0.25, 0.3) is 0 Å². The zero-order chi connectivity index (χ0) is 28.6. The molecule has 1 N–H and O–H groups in total. The molecule has 2 amide bonds. The average molecular weight is 562 g/mol. The van der Waals surface area contributed by atoms with Crippen molar-refractivity contribution in [3.05, 3.63) is 77.9 Å². The van der Waals surface area contributed by atoms with Crippen molar-refractivity contribution in [1.29, 1.82) is 0 Å². The Kier molecular flexibility index (Phi) is 9.60. The van der Waals surface area contributed by atoms with E-state index < -0.39 is 6.04 Å². The van der Waals surface area contributed by atoms with Gasteiger partial charge in [-0.3, -0.25) is 14.5 Å². The number of amides is 2. The summed E-state index contributed by atoms with van der Waals surface area (Å²) in [6.07, 6.45) is 1.46. The summed E-state index contributed by atoms with van der Waals surface area (Å²) in [6, 6.07) is 19.8. The number of carbonyl (C=O) groups excluding carboxylic acids is 2. The minimum Gasteiger partial charge on any atom is -0.494 e. The van der Waals surface area contributed by atoms with E-state index in [1.807, 2.05) is 73.3 Å². The molecule has 0 radical (unpaired) electrons. The number of hydrogen-bond donors (Lipinski definition) is 1. The molecule has 8 nitrogen and oxygen atoms in total. The van der Waals surface area contributed by atoms with Gasteiger partial charge >= 0.3 is 0 Å². The van der Waals surface area contributed by atoms with Gasteiger partial charge in [0.25, 0.3) is 5.91 Å². The molecule has 4 rings (SSSR count). The molecule has 210 valence electrons. The van der Waals surface area contributed by atoms with Crippen LogP contribution in [0, 0.1) is 6.92 Å². The van der Waals surface area contributed by atoms with Crippen molar-refractivity contribution in [3.63, 3.8) is 0 Å². The monoisotopic (exact) mass is 561 g/mol. The fraction of sp³-hybridized carbons (Fsp3) is 0.323. The van der Waals surface area contributed by atoms with Crippen molar-refractivity contribution in [2.24, 2.45) is 0 Å². The van der Waals surface area contributed by atoms with Crippen LogP contribution < -0.4 is 24.4 Å². The van der Waals surface area contributed by atoms with Gasteiger partial charge in [-0.15, -0.1) is 0 Å². The second kappa shape index (κ2) is 13.3. The Hall–Kier alpha value is -4.11. The average Bonchev–Trinajstić information content (AvgIpc) is 3.19. The predicted molar refractivity (Wildman–Crippen MR) is 160 cm³/mol. The van der Waals surface area contributed by atoms with Gasteiger partial charge in [-0.2, -0.15) is 0 Å². The molecule has 1 heterocycles. The van der Waals surface area contributed by atoms with Crippen molar-refractivity contribution < 1.29 is 23.8 Å². The summed E-state index contributed by atoms with van der Waals surface area (Å²) in [6.45, 7) is 5.11. The zero-order valence-electron chi connectivity index (χ0n) is 23.3. The van der Waals surface area contributed by atoms with Gasteiger partial charge in [0.2, 0.25) is 5.91 Å². The summed E-state index contributed by atoms with van der Waals surface area (Å²) >= 11 is 5.81. The van der Waals surface area contributed by atoms with E-state index in [2.05, 4.69) is 5.32 Å². The second-order valence-corrected chi connectivity index (χ2v) is 9.93. The normalized spacial score (nSPS) is 14.8. The summed E-state index contributed by atoms with van der Waals surface area (Å²) in [5.41, 5.74) is 3.39. The lowest BCUT2D eigenvalue weighted by Gasteiger charge is -2.24. The van der Waals surface area contributed by atoms with E-state index in [9.17, 15) is 9.59 Å². The molecule has 0 bridgehead atoms. The van der Waals surface area contributed by atoms with Crippen LogP contribution in [0.2, 0.25) is 0 Å². The molecule has 40 heavy (non-hydrogen) atoms. The van der Waals surface area contributed by atoms with Crippen LogP contribution in [0.1, 0.15) is 30.9 Å². The Morgan fingerprint density at radius 1 is 0.975 bits per heavy atom. The maximum absolute atomic E-state index is 13.7. The molecule has 3 aromatic carbocycles. The van der Waals surface area contributed by atoms with Crippen molar-refractivity contribution in [2.45, 2.75) is 39.2 Å². The first kappa shape index (κ1) is 28.9. The first-order valence-corrected chi connectivity index (χ1v) is 13.7. The molecule has 1 aliphatic rings. The largest absolute Gasteiger partial charge is 0.494 e. The van der Waals surface area contributed by atoms with Crippen LogP contribution in [0.15, 0.2) is 66.7 Å². The molecule has 0 saturated carbocycles. The molecular weight excluding hydrogens is 526 g/mol. The predicted octanol–water partition coefficient (Wildman–Crippen LogP) is 5.37. The van der Waals surface area contributed by atoms with E-state index in [1.165, 1.54) is 4.90 Å². The Labute approximate surface area is 240 Å². The van der Waals surface area contributed by atoms with Crippen molar-refractivity contribution in [2.75, 3.05) is 37.6 Å². The highest BCUT2D eigenvalue weighted by atomic mass is 32.1. The molecule has 0 aromatic heterocycles. The third-order valence-corrected chi connectivity index (χ3v) is 7.11. The van der Waals surface area contributed by atoms with Crippen molar-refractivity contribution in [3.8, 4) is 17.2 Å². The van der Waals surface area contributed by atoms with Crippen molar-refractivity contribution in [1.82, 2.24) is 4.90 Å². The van der Waals surface area contributed by atoms with E-state index >= 15 is 0 Å². The number of benzene rings is 3. The third-order valence-electron chi connectivity index (χ3n) is 6.69. The topological polar surface area (TPSA) is 80.3 Å². The van der Waals surface area contributed by atoms with E-state index in [4.69, 9.17) is 26.4 Å². The number of anilines is 2. The number of hydrogen-bond acceptors (Lipinski definition) is 6. The Morgan fingerprint density at radius 3 is 2.33 bits per heavy atom. The summed E-state index contributed by atoms with van der Waals surface area (Å²) in [7, 11) is 3.19. The van der Waals surface area contributed by atoms with Crippen LogP contribution in [-0.2, 0) is 16.0 Å². The molecule has 1 fully saturated rings. The van der Waals surface area contributed by atoms with Gasteiger partial charge in [-0.05, 0) is 86.1 Å². The van der Waals surface area contributed by atoms with E-state index in [0.29, 0.717) is 47.6 Å². The first-order valence-electron chi connectivity index (χ1n) is 13.3. The first-order chi connectivity index (χ1) is 19.3. The van der Waals surface area contributed by atoms with Gasteiger partial charge < -0.3 is 24.4 Å². The van der Waals surface area contributed by atoms with Crippen LogP contribution in [-0.4, -0.2) is 55.2 Å². The van der Waals surface area contributed by atoms with Crippen LogP contribution in [0.5, 0.6) is 17.2 Å². The molecule has 3 aromatic rings. The SMILES string of the molecule is CCCOc1ccc(NC(=O)C[C@H]2C(=O)N(c3ccc(C)cc3)C(=S)N2CCc2ccc(OC)c(OC)c2)cc1. The number of aryl methyl sites for hydroxylation is 1. The van der Waals surface area contributed by atoms with E-state index in [-0.39, 0.29) is 18.2 Å². The Bertz CT molecular complexity index is 1340. The van der Waals surface area contributed by atoms with Gasteiger partial charge in [-0.25, -0.2) is 0 Å². The maximum Gasteiger partial charge on any atom is 0.256 e. The summed E-state index contributed by atoms with van der Waals surface area (Å²) in [4.78, 5) is 30.2. The molecule has 1 atom stereocenters. The number of rotatable bonds is 12. The van der Waals surface area contributed by atoms with Gasteiger partial charge in [-0.1, -0.05) is 30.7 Å². The standard InChI is InChI=1S/C31H35N3O5S/c1-5-18-39-25-13-9-23(10-14-25)32-29(35)20-26-30(36)34(24-11-6-21(2)7-12-24)31(40)33(26)17-16-22-8-15-27(37-3)28(19-22)38-4/h6-15,19,26H,5,16-18,20H2,1-4H3,(H,32,35)/t26-/m0/s1. The fourth-order valence-electron chi connectivity index (χ4n) is 4.55. The second-order valence-electron chi connectivity index (χ2n) is 9.57. The van der Waals surface area contributed by atoms with E-state index in [0.717, 1.165) is 23.3 Å². The van der Waals surface area contributed by atoms with Crippen LogP contribution >= 0.6 is 12.2 Å². The number of methoxy groups -OCH3 is 2. The third kappa shape index (κ3) is 6.71. The van der Waals surface area contributed by atoms with Crippen LogP contribution in [0.4, 0.5) is 11.4 Å². The summed E-state index contributed by atoms with van der Waals surface area (Å²) in [5.74, 6) is 1.52. The van der Waals surface area contributed by atoms with Gasteiger partial charge in [0.15, 0.2) is 16.6 Å². The summed E-state index contributed by atoms with van der Waals surface area (Å²) in [5, 5.41) is 3.29. The molecule has 0 unspecified atom stereocenters. The van der Waals surface area contributed by atoms with Gasteiger partial charge in [0.1, 0.15) is 11.8 Å². The number of nitrogens with one attached hydrogen (secondary N) is 1. The molecule has 0 aliphatic carbocycles. The minimum atomic E-state index is -0.735. The number of ether oxygens (including phenoxy) is 3. The fourth-order valence-corrected chi connectivity index (χ4v) is 4.96. The lowest BCUT2D eigenvalue weighted by Crippen LogP contribution is -2.39. The van der Waals surface area contributed by atoms with Crippen molar-refractivity contribution >= 4 is 40.5 Å². The quantitative estimate of drug-likeness (QED) is 0.298. The Morgan fingerprint density at radius 2 is 1.68 bits per heavy atom. The van der Waals surface area contributed by atoms with Gasteiger partial charge in [0.05, 0.1) is 32.9 Å². The summed E-state index contributed by atoms with van der Waals surface area (Å²) < 4.78 is 16.4. The highest BCUT2D eigenvalue weighted by Gasteiger charge is 2.43. The molecule has 1 aliphatic heterocycles. The number of carbonyl (C=O) groups is 2. The smallest absolute Gasteiger partial charge is 0.256 e. The number of nitrogens with zero attached hydrogens (tertiary/aromatic N) is 2. The minimum absolute atomic E-state index is 0.0403.